The smallest absolute Gasteiger partial charge is 0.340 e. The Morgan fingerprint density at radius 2 is 2.03 bits per heavy atom. The van der Waals surface area contributed by atoms with Crippen LogP contribution in [0.2, 0.25) is 5.02 Å². The lowest BCUT2D eigenvalue weighted by Crippen LogP contribution is -2.33. The first-order valence-corrected chi connectivity index (χ1v) is 9.92. The van der Waals surface area contributed by atoms with Crippen LogP contribution in [-0.2, 0) is 13.0 Å². The molecule has 150 valence electrons. The van der Waals surface area contributed by atoms with E-state index < -0.39 is 17.5 Å². The molecule has 2 aromatic carbocycles. The molecule has 0 saturated carbocycles. The Bertz CT molecular complexity index is 1230. The number of rotatable bonds is 4. The van der Waals surface area contributed by atoms with Gasteiger partial charge < -0.3 is 14.6 Å². The van der Waals surface area contributed by atoms with Crippen molar-refractivity contribution in [1.29, 1.82) is 10.7 Å². The molecule has 1 N–H and O–H groups in total. The first-order chi connectivity index (χ1) is 14.5. The van der Waals surface area contributed by atoms with Crippen LogP contribution in [0.5, 0.6) is 5.75 Å². The van der Waals surface area contributed by atoms with Crippen LogP contribution in [0.15, 0.2) is 63.8 Å². The molecular formula is C24H19ClN2O3. The fraction of sp³-hybridized carbons (Fsp3) is 0.208. The van der Waals surface area contributed by atoms with Crippen LogP contribution in [0, 0.1) is 29.6 Å². The van der Waals surface area contributed by atoms with Gasteiger partial charge >= 0.3 is 5.63 Å². The van der Waals surface area contributed by atoms with Crippen molar-refractivity contribution in [1.82, 2.24) is 0 Å². The van der Waals surface area contributed by atoms with Gasteiger partial charge in [0, 0.05) is 18.1 Å². The number of fused-ring (bicyclic) bond motifs is 1. The lowest BCUT2D eigenvalue weighted by Gasteiger charge is -2.29. The van der Waals surface area contributed by atoms with E-state index in [1.54, 1.807) is 25.1 Å². The van der Waals surface area contributed by atoms with E-state index in [0.717, 1.165) is 16.7 Å². The molecule has 0 bridgehead atoms. The summed E-state index contributed by atoms with van der Waals surface area (Å²) in [5, 5.41) is 18.7. The first-order valence-electron chi connectivity index (χ1n) is 9.54. The highest BCUT2D eigenvalue weighted by atomic mass is 35.5. The van der Waals surface area contributed by atoms with Gasteiger partial charge in [0.1, 0.15) is 18.1 Å². The van der Waals surface area contributed by atoms with Crippen LogP contribution >= 0.6 is 11.6 Å². The minimum Gasteiger partial charge on any atom is -0.487 e. The van der Waals surface area contributed by atoms with Crippen molar-refractivity contribution < 1.29 is 9.15 Å². The minimum absolute atomic E-state index is 0.284. The highest BCUT2D eigenvalue weighted by Crippen LogP contribution is 2.38. The molecule has 5 nitrogen and oxygen atoms in total. The Hall–Kier alpha value is -3.36. The van der Waals surface area contributed by atoms with Crippen molar-refractivity contribution in [2.24, 2.45) is 5.92 Å². The SMILES string of the molecule is Cc1cc2c(c(=O)o1)[C@@H](c1cccc(COc3ccccc3Cl)c1)[C@@H](C#N)C(=N)C2. The maximum absolute atomic E-state index is 12.7. The molecule has 0 radical (unpaired) electrons. The molecule has 30 heavy (non-hydrogen) atoms. The van der Waals surface area contributed by atoms with Crippen LogP contribution in [0.4, 0.5) is 0 Å². The zero-order valence-electron chi connectivity index (χ0n) is 16.3. The zero-order valence-corrected chi connectivity index (χ0v) is 17.1. The van der Waals surface area contributed by atoms with Crippen LogP contribution in [0.25, 0.3) is 0 Å². The predicted molar refractivity (Wildman–Crippen MR) is 114 cm³/mol. The maximum Gasteiger partial charge on any atom is 0.340 e. The first kappa shape index (κ1) is 19.9. The van der Waals surface area contributed by atoms with Crippen molar-refractivity contribution in [2.45, 2.75) is 25.9 Å². The summed E-state index contributed by atoms with van der Waals surface area (Å²) in [6, 6.07) is 18.8. The molecule has 0 fully saturated rings. The second kappa shape index (κ2) is 8.17. The number of halogens is 1. The summed E-state index contributed by atoms with van der Waals surface area (Å²) < 4.78 is 11.2. The summed E-state index contributed by atoms with van der Waals surface area (Å²) in [6.07, 6.45) is 0.284. The molecule has 1 aliphatic carbocycles. The molecule has 0 amide bonds. The molecule has 1 heterocycles. The molecule has 0 aliphatic heterocycles. The normalized spacial score (nSPS) is 17.8. The Balaban J connectivity index is 1.72. The Labute approximate surface area is 179 Å². The number of nitrogens with one attached hydrogen (secondary N) is 1. The summed E-state index contributed by atoms with van der Waals surface area (Å²) in [7, 11) is 0. The standard InChI is InChI=1S/C24H19ClN2O3/c1-14-9-17-11-20(27)18(12-26)22(23(17)24(28)30-14)16-6-4-5-15(10-16)13-29-21-8-3-2-7-19(21)25/h2-10,18,22,27H,11,13H2,1H3/t18-,22-/m0/s1. The van der Waals surface area contributed by atoms with Gasteiger partial charge in [-0.05, 0) is 41.8 Å². The van der Waals surface area contributed by atoms with Gasteiger partial charge in [-0.25, -0.2) is 4.79 Å². The van der Waals surface area contributed by atoms with Crippen molar-refractivity contribution >= 4 is 17.3 Å². The fourth-order valence-corrected chi connectivity index (χ4v) is 4.14. The van der Waals surface area contributed by atoms with Crippen LogP contribution in [0.1, 0.15) is 33.9 Å². The summed E-state index contributed by atoms with van der Waals surface area (Å²) >= 11 is 6.15. The number of ether oxygens (including phenoxy) is 1. The number of benzene rings is 2. The molecule has 0 saturated heterocycles. The highest BCUT2D eigenvalue weighted by Gasteiger charge is 2.37. The Morgan fingerprint density at radius 1 is 1.23 bits per heavy atom. The Morgan fingerprint density at radius 3 is 2.80 bits per heavy atom. The minimum atomic E-state index is -0.720. The van der Waals surface area contributed by atoms with Gasteiger partial charge in [-0.3, -0.25) is 0 Å². The number of para-hydroxylation sites is 1. The van der Waals surface area contributed by atoms with Gasteiger partial charge in [0.2, 0.25) is 0 Å². The number of aryl methyl sites for hydroxylation is 1. The largest absolute Gasteiger partial charge is 0.487 e. The topological polar surface area (TPSA) is 87.1 Å². The van der Waals surface area contributed by atoms with Crippen LogP contribution in [0.3, 0.4) is 0 Å². The quantitative estimate of drug-likeness (QED) is 0.643. The van der Waals surface area contributed by atoms with E-state index in [2.05, 4.69) is 6.07 Å². The molecule has 4 rings (SSSR count). The molecule has 0 unspecified atom stereocenters. The van der Waals surface area contributed by atoms with Gasteiger partial charge in [-0.2, -0.15) is 5.26 Å². The number of hydrogen-bond donors (Lipinski definition) is 1. The van der Waals surface area contributed by atoms with Crippen molar-refractivity contribution in [3.05, 3.63) is 98.1 Å². The predicted octanol–water partition coefficient (Wildman–Crippen LogP) is 5.03. The summed E-state index contributed by atoms with van der Waals surface area (Å²) in [5.74, 6) is -0.186. The monoisotopic (exact) mass is 418 g/mol. The van der Waals surface area contributed by atoms with Gasteiger partial charge in [0.25, 0.3) is 0 Å². The molecule has 1 aromatic heterocycles. The number of nitrogens with zero attached hydrogens (tertiary/aromatic N) is 1. The lowest BCUT2D eigenvalue weighted by atomic mass is 9.72. The Kier molecular flexibility index (Phi) is 5.43. The van der Waals surface area contributed by atoms with E-state index in [9.17, 15) is 10.1 Å². The summed E-state index contributed by atoms with van der Waals surface area (Å²) in [5.41, 5.74) is 2.73. The molecule has 3 aromatic rings. The average Bonchev–Trinajstić information content (AvgIpc) is 2.72. The van der Waals surface area contributed by atoms with E-state index in [1.807, 2.05) is 36.4 Å². The van der Waals surface area contributed by atoms with Gasteiger partial charge in [0.15, 0.2) is 0 Å². The summed E-state index contributed by atoms with van der Waals surface area (Å²) in [6.45, 7) is 2.00. The van der Waals surface area contributed by atoms with Crippen molar-refractivity contribution in [2.75, 3.05) is 0 Å². The van der Waals surface area contributed by atoms with Crippen LogP contribution < -0.4 is 10.4 Å². The zero-order chi connectivity index (χ0) is 21.3. The number of nitriles is 1. The fourth-order valence-electron chi connectivity index (χ4n) is 3.95. The third kappa shape index (κ3) is 3.74. The molecule has 0 spiro atoms. The van der Waals surface area contributed by atoms with E-state index in [1.165, 1.54) is 0 Å². The van der Waals surface area contributed by atoms with E-state index in [0.29, 0.717) is 27.8 Å². The van der Waals surface area contributed by atoms with Crippen LogP contribution in [-0.4, -0.2) is 5.71 Å². The van der Waals surface area contributed by atoms with E-state index in [-0.39, 0.29) is 13.0 Å². The number of hydrogen-bond acceptors (Lipinski definition) is 5. The second-order valence-corrected chi connectivity index (χ2v) is 7.74. The summed E-state index contributed by atoms with van der Waals surface area (Å²) in [4.78, 5) is 12.7. The second-order valence-electron chi connectivity index (χ2n) is 7.33. The third-order valence-corrected chi connectivity index (χ3v) is 5.59. The lowest BCUT2D eigenvalue weighted by molar-refractivity contribution is 0.306. The van der Waals surface area contributed by atoms with Gasteiger partial charge in [0.05, 0.1) is 22.6 Å². The molecule has 2 atom stereocenters. The molecular weight excluding hydrogens is 400 g/mol. The molecule has 1 aliphatic rings. The van der Waals surface area contributed by atoms with E-state index >= 15 is 0 Å². The third-order valence-electron chi connectivity index (χ3n) is 5.28. The highest BCUT2D eigenvalue weighted by molar-refractivity contribution is 6.32. The van der Waals surface area contributed by atoms with Crippen molar-refractivity contribution in [3.63, 3.8) is 0 Å². The molecule has 6 heteroatoms. The van der Waals surface area contributed by atoms with Crippen molar-refractivity contribution in [3.8, 4) is 11.8 Å². The van der Waals surface area contributed by atoms with E-state index in [4.69, 9.17) is 26.2 Å². The van der Waals surface area contributed by atoms with Gasteiger partial charge in [-0.1, -0.05) is 48.0 Å². The maximum atomic E-state index is 12.7. The van der Waals surface area contributed by atoms with Gasteiger partial charge in [-0.15, -0.1) is 0 Å². The average molecular weight is 419 g/mol.